The molecule has 0 unspecified atom stereocenters. The van der Waals surface area contributed by atoms with Gasteiger partial charge in [-0.15, -0.1) is 0 Å². The largest absolute Gasteiger partial charge is 0.384 e. The van der Waals surface area contributed by atoms with Gasteiger partial charge in [0, 0.05) is 76.7 Å². The summed E-state index contributed by atoms with van der Waals surface area (Å²) in [6, 6.07) is 8.27. The lowest BCUT2D eigenvalue weighted by Gasteiger charge is -2.15. The highest BCUT2D eigenvalue weighted by molar-refractivity contribution is 6.76. The number of hydrogen-bond donors (Lipinski definition) is 4. The Bertz CT molecular complexity index is 1280. The lowest BCUT2D eigenvalue weighted by atomic mass is 10.3. The maximum absolute atomic E-state index is 5.90. The van der Waals surface area contributed by atoms with Crippen molar-refractivity contribution in [2.45, 2.75) is 121 Å². The molecule has 6 rings (SSSR count). The normalized spacial score (nSPS) is 16.8. The third-order valence-electron chi connectivity index (χ3n) is 7.71. The van der Waals surface area contributed by atoms with Gasteiger partial charge in [-0.05, 0) is 50.6 Å². The molecule has 3 heterocycles. The quantitative estimate of drug-likeness (QED) is 0.129. The van der Waals surface area contributed by atoms with Crippen molar-refractivity contribution in [1.29, 1.82) is 0 Å². The van der Waals surface area contributed by atoms with Gasteiger partial charge < -0.3 is 26.7 Å². The van der Waals surface area contributed by atoms with Gasteiger partial charge in [-0.1, -0.05) is 39.3 Å². The van der Waals surface area contributed by atoms with Gasteiger partial charge in [0.05, 0.1) is 5.69 Å². The number of H-pyrrole nitrogens is 1. The van der Waals surface area contributed by atoms with E-state index in [0.717, 1.165) is 30.6 Å². The van der Waals surface area contributed by atoms with E-state index in [-0.39, 0.29) is 0 Å². The van der Waals surface area contributed by atoms with Gasteiger partial charge in [-0.25, -0.2) is 9.36 Å². The molecule has 13 heteroatoms. The molecule has 0 saturated heterocycles. The van der Waals surface area contributed by atoms with E-state index in [9.17, 15) is 0 Å². The standard InChI is InChI=1S/2C12H23N3OSi.C6H9N3/c1-17(2,3)7-6-16-9-15-11(10-4-5-10)8-12(13)14-15;1-17(2,3)7-6-16-9-15-12(13)8-11(14-15)10-4-5-10;7-6-3-5(8-9-6)4-1-2-4/h8,10H,4-7,9H2,1-3H3,(H2,13,14);8,10H,4-7,9,13H2,1-3H3;3-4H,1-2H2,(H3,7,8,9). The highest BCUT2D eigenvalue weighted by Crippen LogP contribution is 2.41. The molecule has 7 N–H and O–H groups in total. The van der Waals surface area contributed by atoms with Crippen LogP contribution in [0.5, 0.6) is 0 Å². The Morgan fingerprint density at radius 1 is 0.721 bits per heavy atom. The zero-order valence-corrected chi connectivity index (χ0v) is 29.2. The van der Waals surface area contributed by atoms with Crippen molar-refractivity contribution in [2.24, 2.45) is 0 Å². The predicted molar refractivity (Wildman–Crippen MR) is 180 cm³/mol. The molecule has 43 heavy (non-hydrogen) atoms. The maximum Gasteiger partial charge on any atom is 0.145 e. The average Bonchev–Trinajstić information content (AvgIpc) is 3.82. The number of nitrogens with zero attached hydrogens (tertiary/aromatic N) is 5. The first-order valence-electron chi connectivity index (χ1n) is 15.9. The summed E-state index contributed by atoms with van der Waals surface area (Å²) in [7, 11) is -1.99. The minimum atomic E-state index is -0.998. The molecule has 3 saturated carbocycles. The lowest BCUT2D eigenvalue weighted by molar-refractivity contribution is 0.0767. The summed E-state index contributed by atoms with van der Waals surface area (Å²) in [5.74, 6) is 3.99. The third-order valence-corrected chi connectivity index (χ3v) is 11.1. The van der Waals surface area contributed by atoms with Crippen molar-refractivity contribution in [1.82, 2.24) is 29.8 Å². The summed E-state index contributed by atoms with van der Waals surface area (Å²) in [6.45, 7) is 16.8. The van der Waals surface area contributed by atoms with Crippen LogP contribution < -0.4 is 17.2 Å². The number of nitrogens with one attached hydrogen (secondary N) is 1. The molecular weight excluding hydrogens is 575 g/mol. The summed E-state index contributed by atoms with van der Waals surface area (Å²) in [5, 5.41) is 15.5. The van der Waals surface area contributed by atoms with Crippen LogP contribution in [0.2, 0.25) is 51.4 Å². The molecule has 3 fully saturated rings. The molecule has 240 valence electrons. The van der Waals surface area contributed by atoms with Crippen LogP contribution >= 0.6 is 0 Å². The minimum Gasteiger partial charge on any atom is -0.384 e. The number of hydrogen-bond acceptors (Lipinski definition) is 8. The van der Waals surface area contributed by atoms with E-state index in [1.54, 1.807) is 4.68 Å². The van der Waals surface area contributed by atoms with Gasteiger partial charge in [-0.3, -0.25) is 5.10 Å². The SMILES string of the molecule is C[Si](C)(C)CCOCn1nc(C2CC2)cc1N.C[Si](C)(C)CCOCn1nc(N)cc1C1CC1.Nc1cc(C2CC2)[nH]n1. The first kappa shape index (κ1) is 33.3. The van der Waals surface area contributed by atoms with E-state index in [2.05, 4.69) is 59.7 Å². The number of aromatic amines is 1. The van der Waals surface area contributed by atoms with Crippen molar-refractivity contribution in [2.75, 3.05) is 30.4 Å². The molecule has 3 aromatic heterocycles. The molecule has 0 radical (unpaired) electrons. The summed E-state index contributed by atoms with van der Waals surface area (Å²) < 4.78 is 15.1. The molecule has 0 atom stereocenters. The Hall–Kier alpha value is -2.62. The van der Waals surface area contributed by atoms with Gasteiger partial charge in [-0.2, -0.15) is 15.3 Å². The van der Waals surface area contributed by atoms with Crippen LogP contribution in [0.1, 0.15) is 73.4 Å². The number of aromatic nitrogens is 6. The third kappa shape index (κ3) is 12.1. The molecule has 3 aromatic rings. The fraction of sp³-hybridized carbons (Fsp3) is 0.700. The van der Waals surface area contributed by atoms with Crippen molar-refractivity contribution in [3.05, 3.63) is 35.3 Å². The van der Waals surface area contributed by atoms with Gasteiger partial charge in [0.25, 0.3) is 0 Å². The van der Waals surface area contributed by atoms with Crippen LogP contribution in [0.3, 0.4) is 0 Å². The molecule has 0 aliphatic heterocycles. The summed E-state index contributed by atoms with van der Waals surface area (Å²) >= 11 is 0. The fourth-order valence-corrected chi connectivity index (χ4v) is 5.93. The van der Waals surface area contributed by atoms with Crippen LogP contribution in [-0.4, -0.2) is 59.1 Å². The zero-order chi connectivity index (χ0) is 31.2. The molecule has 0 amide bonds. The van der Waals surface area contributed by atoms with E-state index >= 15 is 0 Å². The van der Waals surface area contributed by atoms with Gasteiger partial charge in [0.15, 0.2) is 0 Å². The Morgan fingerprint density at radius 3 is 1.77 bits per heavy atom. The second-order valence-electron chi connectivity index (χ2n) is 14.8. The van der Waals surface area contributed by atoms with Crippen molar-refractivity contribution < 1.29 is 9.47 Å². The van der Waals surface area contributed by atoms with E-state index < -0.39 is 16.1 Å². The van der Waals surface area contributed by atoms with Gasteiger partial charge in [0.1, 0.15) is 30.9 Å². The summed E-state index contributed by atoms with van der Waals surface area (Å²) in [5.41, 5.74) is 20.6. The first-order valence-corrected chi connectivity index (χ1v) is 23.3. The molecule has 0 aromatic carbocycles. The lowest BCUT2D eigenvalue weighted by Crippen LogP contribution is -2.22. The van der Waals surface area contributed by atoms with Crippen LogP contribution in [0.15, 0.2) is 18.2 Å². The highest BCUT2D eigenvalue weighted by Gasteiger charge is 2.28. The maximum atomic E-state index is 5.90. The minimum absolute atomic E-state index is 0.489. The summed E-state index contributed by atoms with van der Waals surface area (Å²) in [4.78, 5) is 0. The zero-order valence-electron chi connectivity index (χ0n) is 27.2. The molecular formula is C30H55N9O2Si2. The van der Waals surface area contributed by atoms with Crippen molar-refractivity contribution in [3.8, 4) is 0 Å². The smallest absolute Gasteiger partial charge is 0.145 e. The predicted octanol–water partition coefficient (Wildman–Crippen LogP) is 6.18. The first-order chi connectivity index (χ1) is 20.3. The van der Waals surface area contributed by atoms with Gasteiger partial charge in [0.2, 0.25) is 0 Å². The van der Waals surface area contributed by atoms with E-state index in [4.69, 9.17) is 26.7 Å². The Kier molecular flexibility index (Phi) is 11.2. The second-order valence-corrected chi connectivity index (χ2v) is 26.0. The number of rotatable bonds is 13. The second kappa shape index (κ2) is 14.4. The Balaban J connectivity index is 0.000000154. The molecule has 11 nitrogen and oxygen atoms in total. The van der Waals surface area contributed by atoms with E-state index in [1.165, 1.54) is 62.0 Å². The Labute approximate surface area is 259 Å². The van der Waals surface area contributed by atoms with Crippen LogP contribution in [0, 0.1) is 0 Å². The topological polar surface area (TPSA) is 161 Å². The van der Waals surface area contributed by atoms with Crippen molar-refractivity contribution >= 4 is 33.6 Å². The number of ether oxygens (including phenoxy) is 2. The van der Waals surface area contributed by atoms with Crippen LogP contribution in [0.4, 0.5) is 17.5 Å². The number of nitrogen functional groups attached to an aromatic ring is 3. The van der Waals surface area contributed by atoms with Crippen LogP contribution in [-0.2, 0) is 22.9 Å². The monoisotopic (exact) mass is 629 g/mol. The molecule has 3 aliphatic carbocycles. The summed E-state index contributed by atoms with van der Waals surface area (Å²) in [6.07, 6.45) is 7.63. The number of nitrogens with two attached hydrogens (primary N) is 3. The number of anilines is 3. The van der Waals surface area contributed by atoms with Crippen molar-refractivity contribution in [3.63, 3.8) is 0 Å². The van der Waals surface area contributed by atoms with E-state index in [0.29, 0.717) is 36.9 Å². The molecule has 0 spiro atoms. The molecule has 0 bridgehead atoms. The average molecular weight is 630 g/mol. The Morgan fingerprint density at radius 2 is 1.28 bits per heavy atom. The fourth-order valence-electron chi connectivity index (χ4n) is 4.41. The van der Waals surface area contributed by atoms with Gasteiger partial charge >= 0.3 is 0 Å². The van der Waals surface area contributed by atoms with Crippen LogP contribution in [0.25, 0.3) is 0 Å². The van der Waals surface area contributed by atoms with E-state index in [1.807, 2.05) is 22.9 Å². The highest BCUT2D eigenvalue weighted by atomic mass is 28.3. The molecule has 3 aliphatic rings.